The lowest BCUT2D eigenvalue weighted by molar-refractivity contribution is -0.143. The molecule has 1 aromatic rings. The van der Waals surface area contributed by atoms with Crippen molar-refractivity contribution in [2.45, 2.75) is 19.8 Å². The van der Waals surface area contributed by atoms with Crippen LogP contribution in [0.4, 0.5) is 5.95 Å². The maximum absolute atomic E-state index is 11.5. The predicted molar refractivity (Wildman–Crippen MR) is 69.4 cm³/mol. The second-order valence-electron chi connectivity index (χ2n) is 3.71. The number of nitrogens with zero attached hydrogens (tertiary/aromatic N) is 2. The summed E-state index contributed by atoms with van der Waals surface area (Å²) in [5.74, 6) is -0.158. The number of rotatable bonds is 8. The molecule has 0 bridgehead atoms. The highest BCUT2D eigenvalue weighted by molar-refractivity contribution is 5.90. The van der Waals surface area contributed by atoms with Gasteiger partial charge in [0.15, 0.2) is 0 Å². The van der Waals surface area contributed by atoms with Crippen LogP contribution in [0.3, 0.4) is 0 Å². The molecule has 7 heteroatoms. The Morgan fingerprint density at radius 2 is 2.05 bits per heavy atom. The molecule has 0 aliphatic carbocycles. The van der Waals surface area contributed by atoms with E-state index in [1.807, 2.05) is 0 Å². The van der Waals surface area contributed by atoms with Crippen LogP contribution < -0.4 is 10.6 Å². The van der Waals surface area contributed by atoms with Gasteiger partial charge in [0.2, 0.25) is 11.9 Å². The topological polar surface area (TPSA) is 93.2 Å². The van der Waals surface area contributed by atoms with Gasteiger partial charge in [0.25, 0.3) is 0 Å². The minimum absolute atomic E-state index is 0.154. The second kappa shape index (κ2) is 8.98. The number of amides is 1. The predicted octanol–water partition coefficient (Wildman–Crippen LogP) is 0.348. The molecule has 0 aliphatic heterocycles. The van der Waals surface area contributed by atoms with Gasteiger partial charge in [-0.05, 0) is 26.0 Å². The van der Waals surface area contributed by atoms with Crippen molar-refractivity contribution >= 4 is 17.8 Å². The average Bonchev–Trinajstić information content (AvgIpc) is 2.40. The summed E-state index contributed by atoms with van der Waals surface area (Å²) in [6, 6.07) is 1.67. The number of anilines is 1. The molecule has 104 valence electrons. The normalized spacial score (nSPS) is 9.95. The van der Waals surface area contributed by atoms with Crippen LogP contribution >= 0.6 is 0 Å². The van der Waals surface area contributed by atoms with E-state index in [-0.39, 0.29) is 24.4 Å². The van der Waals surface area contributed by atoms with E-state index >= 15 is 0 Å². The summed E-state index contributed by atoms with van der Waals surface area (Å²) in [4.78, 5) is 30.3. The maximum atomic E-state index is 11.5. The van der Waals surface area contributed by atoms with Gasteiger partial charge in [-0.1, -0.05) is 0 Å². The zero-order valence-corrected chi connectivity index (χ0v) is 10.9. The van der Waals surface area contributed by atoms with Crippen LogP contribution in [-0.2, 0) is 14.3 Å². The molecule has 0 saturated heterocycles. The lowest BCUT2D eigenvalue weighted by Gasteiger charge is -2.05. The summed E-state index contributed by atoms with van der Waals surface area (Å²) >= 11 is 0. The Bertz CT molecular complexity index is 397. The first-order valence-corrected chi connectivity index (χ1v) is 6.15. The van der Waals surface area contributed by atoms with E-state index in [1.165, 1.54) is 0 Å². The van der Waals surface area contributed by atoms with Crippen LogP contribution in [0.5, 0.6) is 0 Å². The molecule has 0 aliphatic rings. The molecule has 1 rings (SSSR count). The fraction of sp³-hybridized carbons (Fsp3) is 0.500. The molecular formula is C12H18N4O3. The van der Waals surface area contributed by atoms with Crippen LogP contribution in [0.2, 0.25) is 0 Å². The maximum Gasteiger partial charge on any atom is 0.305 e. The van der Waals surface area contributed by atoms with Gasteiger partial charge >= 0.3 is 5.97 Å². The Hall–Kier alpha value is -2.02. The molecule has 1 heterocycles. The number of hydrogen-bond acceptors (Lipinski definition) is 6. The van der Waals surface area contributed by atoms with Crippen LogP contribution in [0.25, 0.3) is 0 Å². The third-order valence-electron chi connectivity index (χ3n) is 2.14. The van der Waals surface area contributed by atoms with Crippen molar-refractivity contribution in [2.24, 2.45) is 0 Å². The van der Waals surface area contributed by atoms with Gasteiger partial charge in [-0.15, -0.1) is 0 Å². The van der Waals surface area contributed by atoms with Crippen LogP contribution in [0.1, 0.15) is 19.8 Å². The first-order valence-electron chi connectivity index (χ1n) is 6.15. The van der Waals surface area contributed by atoms with Gasteiger partial charge < -0.3 is 10.1 Å². The van der Waals surface area contributed by atoms with E-state index in [0.717, 1.165) is 0 Å². The van der Waals surface area contributed by atoms with Gasteiger partial charge in [-0.2, -0.15) is 0 Å². The number of ether oxygens (including phenoxy) is 1. The van der Waals surface area contributed by atoms with Crippen LogP contribution in [0, 0.1) is 0 Å². The smallest absolute Gasteiger partial charge is 0.305 e. The third kappa shape index (κ3) is 7.10. The quantitative estimate of drug-likeness (QED) is 0.521. The van der Waals surface area contributed by atoms with Gasteiger partial charge in [0.05, 0.1) is 13.2 Å². The highest BCUT2D eigenvalue weighted by Crippen LogP contribution is 1.93. The minimum atomic E-state index is -0.220. The van der Waals surface area contributed by atoms with Crippen molar-refractivity contribution in [1.82, 2.24) is 15.3 Å². The molecule has 2 N–H and O–H groups in total. The standard InChI is InChI=1S/C12H18N4O3/c1-2-19-11(18)5-3-6-13-9-10(17)16-12-14-7-4-8-15-12/h4,7-8,13H,2-3,5-6,9H2,1H3,(H,14,15,16,17). The summed E-state index contributed by atoms with van der Waals surface area (Å²) in [5.41, 5.74) is 0. The van der Waals surface area contributed by atoms with E-state index in [9.17, 15) is 9.59 Å². The summed E-state index contributed by atoms with van der Waals surface area (Å²) in [6.45, 7) is 2.89. The molecule has 7 nitrogen and oxygen atoms in total. The van der Waals surface area contributed by atoms with Crippen molar-refractivity contribution in [3.05, 3.63) is 18.5 Å². The van der Waals surface area contributed by atoms with Gasteiger partial charge in [-0.3, -0.25) is 14.9 Å². The molecule has 0 unspecified atom stereocenters. The SMILES string of the molecule is CCOC(=O)CCCNCC(=O)Nc1ncccn1. The molecule has 1 amide bonds. The molecule has 0 radical (unpaired) electrons. The molecule has 1 aromatic heterocycles. The van der Waals surface area contributed by atoms with Gasteiger partial charge in [0.1, 0.15) is 0 Å². The first kappa shape index (κ1) is 15.0. The molecule has 0 fully saturated rings. The molecule has 0 saturated carbocycles. The zero-order valence-electron chi connectivity index (χ0n) is 10.9. The number of carbonyl (C=O) groups excluding carboxylic acids is 2. The van der Waals surface area contributed by atoms with Crippen molar-refractivity contribution in [2.75, 3.05) is 25.0 Å². The van der Waals surface area contributed by atoms with Crippen molar-refractivity contribution in [3.8, 4) is 0 Å². The van der Waals surface area contributed by atoms with E-state index in [1.54, 1.807) is 25.4 Å². The van der Waals surface area contributed by atoms with Gasteiger partial charge in [-0.25, -0.2) is 9.97 Å². The summed E-state index contributed by atoms with van der Waals surface area (Å²) in [7, 11) is 0. The molecule has 0 aromatic carbocycles. The lowest BCUT2D eigenvalue weighted by atomic mass is 10.3. The van der Waals surface area contributed by atoms with E-state index in [2.05, 4.69) is 20.6 Å². The number of esters is 1. The largest absolute Gasteiger partial charge is 0.466 e. The van der Waals surface area contributed by atoms with Crippen LogP contribution in [-0.4, -0.2) is 41.5 Å². The Morgan fingerprint density at radius 1 is 1.32 bits per heavy atom. The average molecular weight is 266 g/mol. The molecule has 0 atom stereocenters. The number of aromatic nitrogens is 2. The van der Waals surface area contributed by atoms with Crippen LogP contribution in [0.15, 0.2) is 18.5 Å². The number of nitrogens with one attached hydrogen (secondary N) is 2. The summed E-state index contributed by atoms with van der Waals surface area (Å²) < 4.78 is 4.79. The fourth-order valence-corrected chi connectivity index (χ4v) is 1.33. The lowest BCUT2D eigenvalue weighted by Crippen LogP contribution is -2.29. The summed E-state index contributed by atoms with van der Waals surface area (Å²) in [6.07, 6.45) is 4.09. The second-order valence-corrected chi connectivity index (χ2v) is 3.71. The minimum Gasteiger partial charge on any atom is -0.466 e. The number of carbonyl (C=O) groups is 2. The molecular weight excluding hydrogens is 248 g/mol. The monoisotopic (exact) mass is 266 g/mol. The highest BCUT2D eigenvalue weighted by Gasteiger charge is 2.04. The Labute approximate surface area is 111 Å². The van der Waals surface area contributed by atoms with Crippen molar-refractivity contribution in [3.63, 3.8) is 0 Å². The van der Waals surface area contributed by atoms with Crippen molar-refractivity contribution < 1.29 is 14.3 Å². The molecule has 19 heavy (non-hydrogen) atoms. The Balaban J connectivity index is 2.06. The number of hydrogen-bond donors (Lipinski definition) is 2. The fourth-order valence-electron chi connectivity index (χ4n) is 1.33. The highest BCUT2D eigenvalue weighted by atomic mass is 16.5. The Kier molecular flexibility index (Phi) is 7.11. The molecule has 0 spiro atoms. The first-order chi connectivity index (χ1) is 9.22. The third-order valence-corrected chi connectivity index (χ3v) is 2.14. The van der Waals surface area contributed by atoms with Crippen molar-refractivity contribution in [1.29, 1.82) is 0 Å². The van der Waals surface area contributed by atoms with E-state index < -0.39 is 0 Å². The Morgan fingerprint density at radius 3 is 2.74 bits per heavy atom. The van der Waals surface area contributed by atoms with E-state index in [0.29, 0.717) is 26.0 Å². The summed E-state index contributed by atoms with van der Waals surface area (Å²) in [5, 5.41) is 5.47. The zero-order chi connectivity index (χ0) is 13.9. The van der Waals surface area contributed by atoms with E-state index in [4.69, 9.17) is 4.74 Å². The van der Waals surface area contributed by atoms with Gasteiger partial charge in [0, 0.05) is 18.8 Å².